The van der Waals surface area contributed by atoms with E-state index in [0.717, 1.165) is 5.56 Å². The number of benzene rings is 1. The summed E-state index contributed by atoms with van der Waals surface area (Å²) in [5, 5.41) is -0.115. The number of nitrogens with zero attached hydrogens (tertiary/aromatic N) is 1. The molecule has 1 aromatic carbocycles. The zero-order valence-corrected chi connectivity index (χ0v) is 13.6. The lowest BCUT2D eigenvalue weighted by atomic mass is 9.97. The van der Waals surface area contributed by atoms with E-state index in [2.05, 4.69) is 0 Å². The summed E-state index contributed by atoms with van der Waals surface area (Å²) < 4.78 is 10.3. The molecule has 0 bridgehead atoms. The van der Waals surface area contributed by atoms with Crippen molar-refractivity contribution in [1.29, 1.82) is 0 Å². The molecule has 0 N–H and O–H groups in total. The summed E-state index contributed by atoms with van der Waals surface area (Å²) in [5.74, 6) is -0.496. The summed E-state index contributed by atoms with van der Waals surface area (Å²) in [7, 11) is 1.35. The molecule has 2 saturated heterocycles. The molecule has 0 aliphatic carbocycles. The van der Waals surface area contributed by atoms with Gasteiger partial charge in [0.25, 0.3) is 5.91 Å². The fraction of sp³-hybridized carbons (Fsp3) is 0.500. The third-order valence-electron chi connectivity index (χ3n) is 4.09. The largest absolute Gasteiger partial charge is 0.467 e. The lowest BCUT2D eigenvalue weighted by molar-refractivity contribution is -0.177. The molecule has 0 spiro atoms. The van der Waals surface area contributed by atoms with Crippen LogP contribution in [-0.4, -0.2) is 46.2 Å². The lowest BCUT2D eigenvalue weighted by Crippen LogP contribution is -2.66. The van der Waals surface area contributed by atoms with Crippen molar-refractivity contribution in [1.82, 2.24) is 4.90 Å². The van der Waals surface area contributed by atoms with Crippen LogP contribution in [0.25, 0.3) is 0 Å². The minimum absolute atomic E-state index is 0.115. The van der Waals surface area contributed by atoms with Crippen LogP contribution in [0.2, 0.25) is 0 Å². The third kappa shape index (κ3) is 2.40. The Bertz CT molecular complexity index is 589. The predicted molar refractivity (Wildman–Crippen MR) is 83.1 cm³/mol. The second-order valence-corrected chi connectivity index (χ2v) is 7.77. The molecular weight excluding hydrogens is 302 g/mol. The highest BCUT2D eigenvalue weighted by molar-refractivity contribution is 8.01. The van der Waals surface area contributed by atoms with Crippen molar-refractivity contribution in [3.8, 4) is 0 Å². The first-order valence-corrected chi connectivity index (χ1v) is 8.07. The molecule has 0 radical (unpaired) electrons. The molecular formula is C16H19NO4S. The van der Waals surface area contributed by atoms with E-state index in [9.17, 15) is 9.59 Å². The summed E-state index contributed by atoms with van der Waals surface area (Å²) in [6.07, 6.45) is -0.487. The molecule has 2 fully saturated rings. The molecule has 3 rings (SSSR count). The van der Waals surface area contributed by atoms with Gasteiger partial charge in [-0.1, -0.05) is 30.3 Å². The maximum atomic E-state index is 12.4. The maximum absolute atomic E-state index is 12.4. The number of thioether (sulfide) groups is 1. The number of ether oxygens (including phenoxy) is 2. The van der Waals surface area contributed by atoms with E-state index in [-0.39, 0.29) is 22.0 Å². The third-order valence-corrected chi connectivity index (χ3v) is 5.64. The molecule has 2 aliphatic rings. The minimum Gasteiger partial charge on any atom is -0.467 e. The van der Waals surface area contributed by atoms with Gasteiger partial charge >= 0.3 is 5.97 Å². The van der Waals surface area contributed by atoms with Gasteiger partial charge in [-0.05, 0) is 19.4 Å². The smallest absolute Gasteiger partial charge is 0.330 e. The number of hydrogen-bond acceptors (Lipinski definition) is 5. The van der Waals surface area contributed by atoms with Crippen LogP contribution < -0.4 is 0 Å². The van der Waals surface area contributed by atoms with Crippen molar-refractivity contribution in [2.45, 2.75) is 42.7 Å². The number of methoxy groups -OCH3 is 1. The Labute approximate surface area is 134 Å². The fourth-order valence-corrected chi connectivity index (χ4v) is 4.60. The average Bonchev–Trinajstić information content (AvgIpc) is 2.76. The molecule has 1 amide bonds. The first kappa shape index (κ1) is 15.4. The van der Waals surface area contributed by atoms with Crippen molar-refractivity contribution >= 4 is 23.6 Å². The zero-order chi connectivity index (χ0) is 15.9. The van der Waals surface area contributed by atoms with Gasteiger partial charge in [-0.2, -0.15) is 0 Å². The van der Waals surface area contributed by atoms with Gasteiger partial charge in [-0.3, -0.25) is 4.79 Å². The molecule has 5 nitrogen and oxygen atoms in total. The number of fused-ring (bicyclic) bond motifs is 1. The number of β-lactam (4-membered cyclic amide) rings is 1. The highest BCUT2D eigenvalue weighted by atomic mass is 32.2. The Morgan fingerprint density at radius 1 is 1.32 bits per heavy atom. The van der Waals surface area contributed by atoms with Gasteiger partial charge in [0, 0.05) is 4.75 Å². The van der Waals surface area contributed by atoms with Gasteiger partial charge < -0.3 is 14.4 Å². The van der Waals surface area contributed by atoms with E-state index in [0.29, 0.717) is 6.61 Å². The first-order valence-electron chi connectivity index (χ1n) is 7.19. The van der Waals surface area contributed by atoms with Crippen LogP contribution in [0.1, 0.15) is 19.4 Å². The molecule has 0 saturated carbocycles. The quantitative estimate of drug-likeness (QED) is 0.625. The second kappa shape index (κ2) is 5.59. The molecule has 1 unspecified atom stereocenters. The fourth-order valence-electron chi connectivity index (χ4n) is 2.98. The highest BCUT2D eigenvalue weighted by Crippen LogP contribution is 2.51. The lowest BCUT2D eigenvalue weighted by Gasteiger charge is -2.43. The van der Waals surface area contributed by atoms with Crippen LogP contribution in [-0.2, 0) is 25.7 Å². The molecule has 118 valence electrons. The SMILES string of the molecule is COC(=O)C1N2C(=O)[C@H](OCc3ccccc3)[C@H]2SC1(C)C. The van der Waals surface area contributed by atoms with Crippen LogP contribution in [0.3, 0.4) is 0 Å². The molecule has 2 heterocycles. The summed E-state index contributed by atoms with van der Waals surface area (Å²) >= 11 is 1.60. The standard InChI is InChI=1S/C16H19NO4S/c1-16(2)12(15(19)20-3)17-13(18)11(14(17)22-16)21-9-10-7-5-4-6-8-10/h4-8,11-12,14H,9H2,1-3H3/t11-,12?,14+/m0/s1. The number of esters is 1. The van der Waals surface area contributed by atoms with Gasteiger partial charge in [0.1, 0.15) is 11.4 Å². The number of carbonyl (C=O) groups excluding carboxylic acids is 2. The Hall–Kier alpha value is -1.53. The molecule has 22 heavy (non-hydrogen) atoms. The van der Waals surface area contributed by atoms with Gasteiger partial charge in [0.15, 0.2) is 6.10 Å². The monoisotopic (exact) mass is 321 g/mol. The minimum atomic E-state index is -0.545. The molecule has 6 heteroatoms. The van der Waals surface area contributed by atoms with Crippen molar-refractivity contribution in [3.05, 3.63) is 35.9 Å². The summed E-state index contributed by atoms with van der Waals surface area (Å²) in [6.45, 7) is 4.31. The van der Waals surface area contributed by atoms with Crippen LogP contribution in [0.15, 0.2) is 30.3 Å². The molecule has 3 atom stereocenters. The van der Waals surface area contributed by atoms with Crippen molar-refractivity contribution < 1.29 is 19.1 Å². The Kier molecular flexibility index (Phi) is 3.91. The van der Waals surface area contributed by atoms with Crippen LogP contribution in [0.5, 0.6) is 0 Å². The number of amides is 1. The van der Waals surface area contributed by atoms with E-state index < -0.39 is 12.1 Å². The van der Waals surface area contributed by atoms with E-state index in [4.69, 9.17) is 9.47 Å². The maximum Gasteiger partial charge on any atom is 0.330 e. The van der Waals surface area contributed by atoms with Gasteiger partial charge in [0.05, 0.1) is 13.7 Å². The van der Waals surface area contributed by atoms with E-state index in [1.165, 1.54) is 7.11 Å². The summed E-state index contributed by atoms with van der Waals surface area (Å²) in [4.78, 5) is 25.9. The van der Waals surface area contributed by atoms with E-state index in [1.54, 1.807) is 16.7 Å². The predicted octanol–water partition coefficient (Wildman–Crippen LogP) is 1.81. The van der Waals surface area contributed by atoms with Crippen LogP contribution in [0.4, 0.5) is 0 Å². The van der Waals surface area contributed by atoms with E-state index in [1.807, 2.05) is 44.2 Å². The van der Waals surface area contributed by atoms with Gasteiger partial charge in [0.2, 0.25) is 0 Å². The number of hydrogen-bond donors (Lipinski definition) is 0. The Morgan fingerprint density at radius 3 is 2.64 bits per heavy atom. The normalized spacial score (nSPS) is 29.0. The molecule has 2 aliphatic heterocycles. The highest BCUT2D eigenvalue weighted by Gasteiger charge is 2.64. The summed E-state index contributed by atoms with van der Waals surface area (Å²) in [6, 6.07) is 9.20. The van der Waals surface area contributed by atoms with Crippen LogP contribution >= 0.6 is 11.8 Å². The molecule has 1 aromatic rings. The molecule has 0 aromatic heterocycles. The van der Waals surface area contributed by atoms with Crippen molar-refractivity contribution in [2.24, 2.45) is 0 Å². The van der Waals surface area contributed by atoms with Crippen LogP contribution in [0, 0.1) is 0 Å². The van der Waals surface area contributed by atoms with Gasteiger partial charge in [-0.15, -0.1) is 11.8 Å². The Balaban J connectivity index is 1.69. The first-order chi connectivity index (χ1) is 10.5. The number of carbonyl (C=O) groups is 2. The second-order valence-electron chi connectivity index (χ2n) is 6.00. The average molecular weight is 321 g/mol. The topological polar surface area (TPSA) is 55.8 Å². The van der Waals surface area contributed by atoms with E-state index >= 15 is 0 Å². The van der Waals surface area contributed by atoms with Crippen molar-refractivity contribution in [3.63, 3.8) is 0 Å². The van der Waals surface area contributed by atoms with Crippen molar-refractivity contribution in [2.75, 3.05) is 7.11 Å². The van der Waals surface area contributed by atoms with Gasteiger partial charge in [-0.25, -0.2) is 4.79 Å². The summed E-state index contributed by atoms with van der Waals surface area (Å²) in [5.41, 5.74) is 1.03. The Morgan fingerprint density at radius 2 is 2.00 bits per heavy atom. The zero-order valence-electron chi connectivity index (χ0n) is 12.8. The number of rotatable bonds is 4.